The molecule has 0 aliphatic heterocycles. The summed E-state index contributed by atoms with van der Waals surface area (Å²) in [4.78, 5) is 17.8. The number of carbonyl (C=O) groups is 1. The molecule has 0 atom stereocenters. The molecule has 4 nitrogen and oxygen atoms in total. The van der Waals surface area contributed by atoms with Crippen molar-refractivity contribution < 1.29 is 4.79 Å². The van der Waals surface area contributed by atoms with E-state index in [9.17, 15) is 4.79 Å². The van der Waals surface area contributed by atoms with Crippen LogP contribution in [0.2, 0.25) is 0 Å². The molecule has 1 rings (SSSR count). The third kappa shape index (κ3) is 4.95. The Morgan fingerprint density at radius 3 is 2.47 bits per heavy atom. The first kappa shape index (κ1) is 13.6. The molecule has 1 aromatic heterocycles. The van der Waals surface area contributed by atoms with E-state index in [-0.39, 0.29) is 5.91 Å². The van der Waals surface area contributed by atoms with Gasteiger partial charge in [0.25, 0.3) is 0 Å². The van der Waals surface area contributed by atoms with E-state index in [1.807, 2.05) is 37.8 Å². The normalized spacial score (nSPS) is 11.3. The van der Waals surface area contributed by atoms with Crippen molar-refractivity contribution in [2.24, 2.45) is 5.73 Å². The highest BCUT2D eigenvalue weighted by atomic mass is 16.2. The number of hydrogen-bond donors (Lipinski definition) is 1. The Balaban J connectivity index is 2.63. The molecule has 0 unspecified atom stereocenters. The first-order chi connectivity index (χ1) is 7.92. The summed E-state index contributed by atoms with van der Waals surface area (Å²) in [5.74, 6) is 0.0943. The fourth-order valence-corrected chi connectivity index (χ4v) is 1.59. The second kappa shape index (κ2) is 5.77. The van der Waals surface area contributed by atoms with Crippen LogP contribution in [0.5, 0.6) is 0 Å². The number of hydrogen-bond acceptors (Lipinski definition) is 3. The minimum absolute atomic E-state index is 0.0943. The summed E-state index contributed by atoms with van der Waals surface area (Å²) in [7, 11) is 0. The average Bonchev–Trinajstić information content (AvgIpc) is 2.24. The fourth-order valence-electron chi connectivity index (χ4n) is 1.59. The van der Waals surface area contributed by atoms with E-state index in [4.69, 9.17) is 5.73 Å². The van der Waals surface area contributed by atoms with Crippen LogP contribution >= 0.6 is 0 Å². The highest BCUT2D eigenvalue weighted by Gasteiger charge is 2.20. The van der Waals surface area contributed by atoms with Crippen molar-refractivity contribution in [3.05, 3.63) is 30.1 Å². The van der Waals surface area contributed by atoms with Gasteiger partial charge >= 0.3 is 0 Å². The van der Waals surface area contributed by atoms with E-state index < -0.39 is 5.54 Å². The number of pyridine rings is 1. The summed E-state index contributed by atoms with van der Waals surface area (Å²) >= 11 is 0. The Kier molecular flexibility index (Phi) is 4.63. The Labute approximate surface area is 103 Å². The average molecular weight is 235 g/mol. The van der Waals surface area contributed by atoms with Gasteiger partial charge in [-0.1, -0.05) is 0 Å². The summed E-state index contributed by atoms with van der Waals surface area (Å²) in [6.45, 7) is 7.02. The lowest BCUT2D eigenvalue weighted by atomic mass is 10.0. The maximum absolute atomic E-state index is 12.0. The van der Waals surface area contributed by atoms with Crippen LogP contribution in [0.15, 0.2) is 24.5 Å². The molecule has 0 aliphatic carbocycles. The van der Waals surface area contributed by atoms with Crippen LogP contribution in [0.4, 0.5) is 0 Å². The molecule has 0 aromatic carbocycles. The Morgan fingerprint density at radius 2 is 2.00 bits per heavy atom. The topological polar surface area (TPSA) is 59.2 Å². The SMILES string of the molecule is CCN(Cc1ccncc1)C(=O)CC(C)(C)N. The van der Waals surface area contributed by atoms with Gasteiger partial charge in [0.05, 0.1) is 0 Å². The Hall–Kier alpha value is -1.42. The van der Waals surface area contributed by atoms with E-state index in [0.717, 1.165) is 5.56 Å². The first-order valence-corrected chi connectivity index (χ1v) is 5.88. The van der Waals surface area contributed by atoms with E-state index in [0.29, 0.717) is 19.5 Å². The highest BCUT2D eigenvalue weighted by molar-refractivity contribution is 5.77. The summed E-state index contributed by atoms with van der Waals surface area (Å²) in [5, 5.41) is 0. The molecule has 0 fully saturated rings. The van der Waals surface area contributed by atoms with Gasteiger partial charge in [-0.3, -0.25) is 9.78 Å². The van der Waals surface area contributed by atoms with Crippen molar-refractivity contribution in [2.45, 2.75) is 39.3 Å². The van der Waals surface area contributed by atoms with E-state index in [1.54, 1.807) is 12.4 Å². The van der Waals surface area contributed by atoms with Crippen LogP contribution in [-0.4, -0.2) is 27.9 Å². The lowest BCUT2D eigenvalue weighted by Gasteiger charge is -2.25. The van der Waals surface area contributed by atoms with Gasteiger partial charge in [-0.05, 0) is 38.5 Å². The second-order valence-corrected chi connectivity index (χ2v) is 4.93. The predicted octanol–water partition coefficient (Wildman–Crippen LogP) is 1.56. The molecule has 1 aromatic rings. The number of rotatable bonds is 5. The van der Waals surface area contributed by atoms with Crippen molar-refractivity contribution in [1.29, 1.82) is 0 Å². The molecule has 2 N–H and O–H groups in total. The number of aromatic nitrogens is 1. The van der Waals surface area contributed by atoms with Gasteiger partial charge in [-0.2, -0.15) is 0 Å². The summed E-state index contributed by atoms with van der Waals surface area (Å²) in [6.07, 6.45) is 3.84. The zero-order valence-corrected chi connectivity index (χ0v) is 10.8. The molecule has 0 saturated heterocycles. The molecular weight excluding hydrogens is 214 g/mol. The lowest BCUT2D eigenvalue weighted by Crippen LogP contribution is -2.40. The molecule has 1 heterocycles. The van der Waals surface area contributed by atoms with Crippen molar-refractivity contribution in [1.82, 2.24) is 9.88 Å². The fraction of sp³-hybridized carbons (Fsp3) is 0.538. The Bertz CT molecular complexity index is 357. The van der Waals surface area contributed by atoms with Crippen molar-refractivity contribution >= 4 is 5.91 Å². The van der Waals surface area contributed by atoms with Crippen LogP contribution in [0.3, 0.4) is 0 Å². The van der Waals surface area contributed by atoms with Gasteiger partial charge in [0.1, 0.15) is 0 Å². The molecule has 0 saturated carbocycles. The highest BCUT2D eigenvalue weighted by Crippen LogP contribution is 2.10. The van der Waals surface area contributed by atoms with Crippen molar-refractivity contribution in [3.8, 4) is 0 Å². The molecule has 17 heavy (non-hydrogen) atoms. The van der Waals surface area contributed by atoms with E-state index in [1.165, 1.54) is 0 Å². The number of nitrogens with zero attached hydrogens (tertiary/aromatic N) is 2. The van der Waals surface area contributed by atoms with Crippen molar-refractivity contribution in [2.75, 3.05) is 6.54 Å². The van der Waals surface area contributed by atoms with Crippen molar-refractivity contribution in [3.63, 3.8) is 0 Å². The molecule has 0 radical (unpaired) electrons. The third-order valence-corrected chi connectivity index (χ3v) is 2.46. The Morgan fingerprint density at radius 1 is 1.41 bits per heavy atom. The smallest absolute Gasteiger partial charge is 0.224 e. The molecule has 0 bridgehead atoms. The molecule has 4 heteroatoms. The van der Waals surface area contributed by atoms with E-state index >= 15 is 0 Å². The predicted molar refractivity (Wildman–Crippen MR) is 68.2 cm³/mol. The maximum atomic E-state index is 12.0. The molecule has 0 aliphatic rings. The van der Waals surface area contributed by atoms with Gasteiger partial charge < -0.3 is 10.6 Å². The zero-order chi connectivity index (χ0) is 12.9. The standard InChI is InChI=1S/C13H21N3O/c1-4-16(12(17)9-13(2,3)14)10-11-5-7-15-8-6-11/h5-8H,4,9-10,14H2,1-3H3. The lowest BCUT2D eigenvalue weighted by molar-refractivity contribution is -0.132. The maximum Gasteiger partial charge on any atom is 0.224 e. The number of nitrogens with two attached hydrogens (primary N) is 1. The largest absolute Gasteiger partial charge is 0.339 e. The molecule has 1 amide bonds. The van der Waals surface area contributed by atoms with Gasteiger partial charge in [0.15, 0.2) is 0 Å². The van der Waals surface area contributed by atoms with Crippen LogP contribution in [0.25, 0.3) is 0 Å². The number of amides is 1. The summed E-state index contributed by atoms with van der Waals surface area (Å²) in [5.41, 5.74) is 6.50. The molecule has 0 spiro atoms. The van der Waals surface area contributed by atoms with Crippen LogP contribution in [-0.2, 0) is 11.3 Å². The first-order valence-electron chi connectivity index (χ1n) is 5.88. The zero-order valence-electron chi connectivity index (χ0n) is 10.8. The number of carbonyl (C=O) groups excluding carboxylic acids is 1. The van der Waals surface area contributed by atoms with Gasteiger partial charge in [0.2, 0.25) is 5.91 Å². The third-order valence-electron chi connectivity index (χ3n) is 2.46. The van der Waals surface area contributed by atoms with Crippen LogP contribution in [0, 0.1) is 0 Å². The van der Waals surface area contributed by atoms with Gasteiger partial charge in [-0.15, -0.1) is 0 Å². The van der Waals surface area contributed by atoms with Crippen LogP contribution < -0.4 is 5.73 Å². The van der Waals surface area contributed by atoms with E-state index in [2.05, 4.69) is 4.98 Å². The monoisotopic (exact) mass is 235 g/mol. The van der Waals surface area contributed by atoms with Gasteiger partial charge in [0, 0.05) is 37.4 Å². The molecule has 94 valence electrons. The van der Waals surface area contributed by atoms with Crippen LogP contribution in [0.1, 0.15) is 32.8 Å². The summed E-state index contributed by atoms with van der Waals surface area (Å²) < 4.78 is 0. The van der Waals surface area contributed by atoms with Gasteiger partial charge in [-0.25, -0.2) is 0 Å². The minimum atomic E-state index is -0.456. The minimum Gasteiger partial charge on any atom is -0.339 e. The second-order valence-electron chi connectivity index (χ2n) is 4.93. The quantitative estimate of drug-likeness (QED) is 0.842. The molecular formula is C13H21N3O. The summed E-state index contributed by atoms with van der Waals surface area (Å²) in [6, 6.07) is 3.84.